The molecule has 0 bridgehead atoms. The van der Waals surface area contributed by atoms with Crippen molar-refractivity contribution in [2.45, 2.75) is 31.2 Å². The van der Waals surface area contributed by atoms with Crippen molar-refractivity contribution in [3.8, 4) is 0 Å². The molecule has 3 N–H and O–H groups in total. The summed E-state index contributed by atoms with van der Waals surface area (Å²) in [5.41, 5.74) is 5.65. The molecule has 0 aliphatic heterocycles. The van der Waals surface area contributed by atoms with Gasteiger partial charge in [0.25, 0.3) is 0 Å². The molecule has 1 aliphatic rings. The number of benzene rings is 1. The Labute approximate surface area is 97.2 Å². The first kappa shape index (κ1) is 12.4. The normalized spacial score (nSPS) is 20.1. The van der Waals surface area contributed by atoms with Crippen molar-refractivity contribution in [1.82, 2.24) is 0 Å². The van der Waals surface area contributed by atoms with Crippen molar-refractivity contribution in [2.75, 3.05) is 0 Å². The molecule has 1 fully saturated rings. The second kappa shape index (κ2) is 4.31. The second-order valence-electron chi connectivity index (χ2n) is 4.47. The van der Waals surface area contributed by atoms with Gasteiger partial charge in [0.2, 0.25) is 0 Å². The summed E-state index contributed by atoms with van der Waals surface area (Å²) in [6.07, 6.45) is -3.12. The van der Waals surface area contributed by atoms with Crippen LogP contribution in [0.5, 0.6) is 0 Å². The zero-order chi connectivity index (χ0) is 12.6. The second-order valence-corrected chi connectivity index (χ2v) is 4.47. The fourth-order valence-electron chi connectivity index (χ4n) is 1.82. The molecule has 0 amide bonds. The van der Waals surface area contributed by atoms with Crippen molar-refractivity contribution in [2.24, 2.45) is 11.7 Å². The first-order chi connectivity index (χ1) is 7.89. The average molecular weight is 245 g/mol. The van der Waals surface area contributed by atoms with Crippen LogP contribution in [0.2, 0.25) is 0 Å². The van der Waals surface area contributed by atoms with Gasteiger partial charge in [-0.05, 0) is 36.5 Å². The molecule has 5 heteroatoms. The molecule has 94 valence electrons. The SMILES string of the molecule is N[C@H](c1ccc(C(F)(F)F)cc1)[C@@H](O)C1CC1. The molecule has 0 unspecified atom stereocenters. The van der Waals surface area contributed by atoms with E-state index >= 15 is 0 Å². The van der Waals surface area contributed by atoms with Crippen LogP contribution in [0.4, 0.5) is 13.2 Å². The van der Waals surface area contributed by atoms with Gasteiger partial charge in [0.15, 0.2) is 0 Å². The maximum atomic E-state index is 12.3. The number of nitrogens with two attached hydrogens (primary N) is 1. The maximum Gasteiger partial charge on any atom is 0.416 e. The van der Waals surface area contributed by atoms with Crippen molar-refractivity contribution in [3.05, 3.63) is 35.4 Å². The summed E-state index contributed by atoms with van der Waals surface area (Å²) in [5.74, 6) is 0.201. The number of alkyl halides is 3. The first-order valence-corrected chi connectivity index (χ1v) is 5.50. The van der Waals surface area contributed by atoms with Crippen LogP contribution in [-0.2, 0) is 6.18 Å². The fraction of sp³-hybridized carbons (Fsp3) is 0.500. The van der Waals surface area contributed by atoms with Gasteiger partial charge < -0.3 is 10.8 Å². The summed E-state index contributed by atoms with van der Waals surface area (Å²) in [5, 5.41) is 9.79. The van der Waals surface area contributed by atoms with E-state index in [0.29, 0.717) is 5.56 Å². The minimum absolute atomic E-state index is 0.201. The third kappa shape index (κ3) is 2.79. The smallest absolute Gasteiger partial charge is 0.391 e. The summed E-state index contributed by atoms with van der Waals surface area (Å²) in [4.78, 5) is 0. The van der Waals surface area contributed by atoms with E-state index in [1.54, 1.807) is 0 Å². The Hall–Kier alpha value is -1.07. The topological polar surface area (TPSA) is 46.2 Å². The van der Waals surface area contributed by atoms with Gasteiger partial charge >= 0.3 is 6.18 Å². The molecular formula is C12H14F3NO. The quantitative estimate of drug-likeness (QED) is 0.859. The molecule has 1 aromatic rings. The van der Waals surface area contributed by atoms with Gasteiger partial charge in [-0.25, -0.2) is 0 Å². The van der Waals surface area contributed by atoms with Crippen LogP contribution in [-0.4, -0.2) is 11.2 Å². The standard InChI is InChI=1S/C12H14F3NO/c13-12(14,15)9-5-3-7(4-6-9)10(16)11(17)8-1-2-8/h3-6,8,10-11,17H,1-2,16H2/t10-,11+/m1/s1. The van der Waals surface area contributed by atoms with E-state index < -0.39 is 23.9 Å². The largest absolute Gasteiger partial charge is 0.416 e. The number of halogens is 3. The van der Waals surface area contributed by atoms with Crippen LogP contribution in [0.15, 0.2) is 24.3 Å². The number of hydrogen-bond donors (Lipinski definition) is 2. The highest BCUT2D eigenvalue weighted by molar-refractivity contribution is 5.27. The fourth-order valence-corrected chi connectivity index (χ4v) is 1.82. The highest BCUT2D eigenvalue weighted by Gasteiger charge is 2.35. The summed E-state index contributed by atoms with van der Waals surface area (Å²) in [7, 11) is 0. The molecule has 0 radical (unpaired) electrons. The van der Waals surface area contributed by atoms with Gasteiger partial charge in [-0.1, -0.05) is 12.1 Å². The predicted octanol–water partition coefficient (Wildman–Crippen LogP) is 2.48. The van der Waals surface area contributed by atoms with Gasteiger partial charge in [0.1, 0.15) is 0 Å². The lowest BCUT2D eigenvalue weighted by molar-refractivity contribution is -0.137. The van der Waals surface area contributed by atoms with Gasteiger partial charge in [-0.2, -0.15) is 13.2 Å². The van der Waals surface area contributed by atoms with Crippen LogP contribution in [0.3, 0.4) is 0 Å². The van der Waals surface area contributed by atoms with E-state index in [9.17, 15) is 18.3 Å². The lowest BCUT2D eigenvalue weighted by Crippen LogP contribution is -2.27. The van der Waals surface area contributed by atoms with E-state index in [2.05, 4.69) is 0 Å². The van der Waals surface area contributed by atoms with E-state index in [4.69, 9.17) is 5.73 Å². The Kier molecular flexibility index (Phi) is 3.14. The van der Waals surface area contributed by atoms with Crippen molar-refractivity contribution >= 4 is 0 Å². The molecule has 0 spiro atoms. The van der Waals surface area contributed by atoms with Crippen LogP contribution in [0, 0.1) is 5.92 Å². The molecule has 1 aliphatic carbocycles. The minimum Gasteiger partial charge on any atom is -0.391 e. The number of hydrogen-bond acceptors (Lipinski definition) is 2. The van der Waals surface area contributed by atoms with Crippen LogP contribution >= 0.6 is 0 Å². The van der Waals surface area contributed by atoms with Crippen molar-refractivity contribution < 1.29 is 18.3 Å². The predicted molar refractivity (Wildman–Crippen MR) is 57.1 cm³/mol. The lowest BCUT2D eigenvalue weighted by Gasteiger charge is -2.19. The molecule has 1 saturated carbocycles. The van der Waals surface area contributed by atoms with E-state index in [1.165, 1.54) is 12.1 Å². The highest BCUT2D eigenvalue weighted by atomic mass is 19.4. The van der Waals surface area contributed by atoms with Gasteiger partial charge in [-0.15, -0.1) is 0 Å². The molecule has 1 aromatic carbocycles. The van der Waals surface area contributed by atoms with Crippen molar-refractivity contribution in [1.29, 1.82) is 0 Å². The van der Waals surface area contributed by atoms with Crippen LogP contribution < -0.4 is 5.73 Å². The minimum atomic E-state index is -4.34. The van der Waals surface area contributed by atoms with Gasteiger partial charge in [0.05, 0.1) is 17.7 Å². The summed E-state index contributed by atoms with van der Waals surface area (Å²) in [6, 6.07) is 4.05. The van der Waals surface area contributed by atoms with E-state index in [1.807, 2.05) is 0 Å². The van der Waals surface area contributed by atoms with E-state index in [-0.39, 0.29) is 5.92 Å². The average Bonchev–Trinajstić information content (AvgIpc) is 3.10. The van der Waals surface area contributed by atoms with Crippen LogP contribution in [0.25, 0.3) is 0 Å². The lowest BCUT2D eigenvalue weighted by atomic mass is 9.98. The summed E-state index contributed by atoms with van der Waals surface area (Å²) in [6.45, 7) is 0. The van der Waals surface area contributed by atoms with Gasteiger partial charge in [-0.3, -0.25) is 0 Å². The maximum absolute atomic E-state index is 12.3. The molecule has 17 heavy (non-hydrogen) atoms. The Morgan fingerprint density at radius 3 is 2.12 bits per heavy atom. The number of rotatable bonds is 3. The molecule has 0 aromatic heterocycles. The zero-order valence-corrected chi connectivity index (χ0v) is 9.11. The first-order valence-electron chi connectivity index (χ1n) is 5.50. The molecule has 0 saturated heterocycles. The Bertz CT molecular complexity index is 384. The summed E-state index contributed by atoms with van der Waals surface area (Å²) >= 11 is 0. The monoisotopic (exact) mass is 245 g/mol. The Morgan fingerprint density at radius 1 is 1.18 bits per heavy atom. The highest BCUT2D eigenvalue weighted by Crippen LogP contribution is 2.37. The molecular weight excluding hydrogens is 231 g/mol. The number of aliphatic hydroxyl groups is 1. The van der Waals surface area contributed by atoms with Crippen molar-refractivity contribution in [3.63, 3.8) is 0 Å². The Morgan fingerprint density at radius 2 is 1.71 bits per heavy atom. The zero-order valence-electron chi connectivity index (χ0n) is 9.11. The van der Waals surface area contributed by atoms with Crippen LogP contribution in [0.1, 0.15) is 30.0 Å². The van der Waals surface area contributed by atoms with E-state index in [0.717, 1.165) is 25.0 Å². The van der Waals surface area contributed by atoms with Gasteiger partial charge in [0, 0.05) is 0 Å². The molecule has 2 nitrogen and oxygen atoms in total. The summed E-state index contributed by atoms with van der Waals surface area (Å²) < 4.78 is 37.0. The molecule has 2 atom stereocenters. The third-order valence-corrected chi connectivity index (χ3v) is 3.10. The number of aliphatic hydroxyl groups excluding tert-OH is 1. The molecule has 0 heterocycles. The molecule has 2 rings (SSSR count). The third-order valence-electron chi connectivity index (χ3n) is 3.10. The Balaban J connectivity index is 2.11.